The van der Waals surface area contributed by atoms with E-state index in [0.29, 0.717) is 25.1 Å². The van der Waals surface area contributed by atoms with Gasteiger partial charge in [0.1, 0.15) is 0 Å². The number of hydrogen-bond acceptors (Lipinski definition) is 3. The average Bonchev–Trinajstić information content (AvgIpc) is 2.56. The molecule has 5 nitrogen and oxygen atoms in total. The maximum absolute atomic E-state index is 12.2. The number of benzene rings is 1. The molecule has 132 valence electrons. The first kappa shape index (κ1) is 20.1. The zero-order valence-corrected chi connectivity index (χ0v) is 15.5. The molecule has 0 fully saturated rings. The van der Waals surface area contributed by atoms with Crippen LogP contribution in [0.4, 0.5) is 5.69 Å². The van der Waals surface area contributed by atoms with E-state index in [1.807, 2.05) is 13.8 Å². The highest BCUT2D eigenvalue weighted by Gasteiger charge is 2.12. The summed E-state index contributed by atoms with van der Waals surface area (Å²) >= 11 is 5.14. The maximum atomic E-state index is 12.2. The van der Waals surface area contributed by atoms with Gasteiger partial charge < -0.3 is 15.5 Å². The van der Waals surface area contributed by atoms with Gasteiger partial charge in [0.05, 0.1) is 0 Å². The number of amides is 2. The lowest BCUT2D eigenvalue weighted by Gasteiger charge is -2.18. The van der Waals surface area contributed by atoms with Crippen LogP contribution in [0, 0.1) is 0 Å². The molecule has 0 spiro atoms. The number of nitrogens with one attached hydrogen (secondary N) is 2. The lowest BCUT2D eigenvalue weighted by Crippen LogP contribution is -2.34. The summed E-state index contributed by atoms with van der Waals surface area (Å²) in [5.41, 5.74) is 1.38. The van der Waals surface area contributed by atoms with E-state index in [2.05, 4.69) is 17.6 Å². The van der Waals surface area contributed by atoms with Gasteiger partial charge in [-0.1, -0.05) is 19.8 Å². The Kier molecular flexibility index (Phi) is 9.01. The summed E-state index contributed by atoms with van der Waals surface area (Å²) in [6.45, 7) is 7.38. The third-order valence-electron chi connectivity index (χ3n) is 3.70. The number of anilines is 1. The summed E-state index contributed by atoms with van der Waals surface area (Å²) in [6.07, 6.45) is 3.46. The first-order chi connectivity index (χ1) is 11.5. The molecule has 1 aromatic rings. The van der Waals surface area contributed by atoms with E-state index in [1.165, 1.54) is 0 Å². The second-order valence-corrected chi connectivity index (χ2v) is 5.92. The van der Waals surface area contributed by atoms with Gasteiger partial charge in [0.25, 0.3) is 5.91 Å². The third kappa shape index (κ3) is 6.66. The van der Waals surface area contributed by atoms with Gasteiger partial charge in [0.15, 0.2) is 5.11 Å². The molecule has 0 aliphatic heterocycles. The van der Waals surface area contributed by atoms with Gasteiger partial charge in [-0.05, 0) is 56.8 Å². The molecule has 0 unspecified atom stereocenters. The van der Waals surface area contributed by atoms with E-state index in [1.54, 1.807) is 29.2 Å². The van der Waals surface area contributed by atoms with Gasteiger partial charge in [-0.15, -0.1) is 0 Å². The van der Waals surface area contributed by atoms with E-state index < -0.39 is 0 Å². The van der Waals surface area contributed by atoms with Gasteiger partial charge >= 0.3 is 0 Å². The largest absolute Gasteiger partial charge is 0.339 e. The molecule has 0 aliphatic carbocycles. The molecule has 2 amide bonds. The van der Waals surface area contributed by atoms with Crippen LogP contribution in [0.5, 0.6) is 0 Å². The van der Waals surface area contributed by atoms with E-state index >= 15 is 0 Å². The number of rotatable bonds is 8. The number of hydrogen-bond donors (Lipinski definition) is 2. The summed E-state index contributed by atoms with van der Waals surface area (Å²) in [5, 5.41) is 5.91. The molecule has 0 aliphatic rings. The zero-order valence-electron chi connectivity index (χ0n) is 14.7. The Bertz CT molecular complexity index is 554. The monoisotopic (exact) mass is 349 g/mol. The van der Waals surface area contributed by atoms with Crippen molar-refractivity contribution in [2.75, 3.05) is 18.4 Å². The van der Waals surface area contributed by atoms with Crippen molar-refractivity contribution in [1.29, 1.82) is 0 Å². The minimum atomic E-state index is -0.0747. The number of carbonyl (C=O) groups is 2. The Morgan fingerprint density at radius 2 is 1.67 bits per heavy atom. The summed E-state index contributed by atoms with van der Waals surface area (Å²) < 4.78 is 0. The summed E-state index contributed by atoms with van der Waals surface area (Å²) in [7, 11) is 0. The van der Waals surface area contributed by atoms with Crippen LogP contribution in [0.25, 0.3) is 0 Å². The van der Waals surface area contributed by atoms with Crippen molar-refractivity contribution in [1.82, 2.24) is 10.2 Å². The van der Waals surface area contributed by atoms with Crippen LogP contribution in [-0.4, -0.2) is 34.9 Å². The molecule has 0 saturated carbocycles. The Balaban J connectivity index is 2.53. The van der Waals surface area contributed by atoms with Crippen LogP contribution in [0.1, 0.15) is 56.8 Å². The Morgan fingerprint density at radius 1 is 1.04 bits per heavy atom. The van der Waals surface area contributed by atoms with Gasteiger partial charge in [-0.3, -0.25) is 9.59 Å². The van der Waals surface area contributed by atoms with Crippen LogP contribution < -0.4 is 10.6 Å². The molecule has 0 atom stereocenters. The number of thiocarbonyl (C=S) groups is 1. The fourth-order valence-corrected chi connectivity index (χ4v) is 2.51. The Labute approximate surface area is 149 Å². The summed E-state index contributed by atoms with van der Waals surface area (Å²) in [5.74, 6) is -0.0624. The van der Waals surface area contributed by atoms with Crippen LogP contribution in [0.3, 0.4) is 0 Å². The van der Waals surface area contributed by atoms with Crippen molar-refractivity contribution < 1.29 is 9.59 Å². The van der Waals surface area contributed by atoms with Gasteiger partial charge in [-0.2, -0.15) is 0 Å². The zero-order chi connectivity index (χ0) is 17.9. The van der Waals surface area contributed by atoms with E-state index in [-0.39, 0.29) is 16.9 Å². The lowest BCUT2D eigenvalue weighted by atomic mass is 10.2. The number of unbranched alkanes of at least 4 members (excludes halogenated alkanes) is 2. The van der Waals surface area contributed by atoms with Gasteiger partial charge in [-0.25, -0.2) is 0 Å². The van der Waals surface area contributed by atoms with Crippen LogP contribution >= 0.6 is 12.2 Å². The van der Waals surface area contributed by atoms with E-state index in [0.717, 1.165) is 24.9 Å². The van der Waals surface area contributed by atoms with Crippen molar-refractivity contribution in [3.05, 3.63) is 29.8 Å². The summed E-state index contributed by atoms with van der Waals surface area (Å²) in [4.78, 5) is 25.7. The fraction of sp³-hybridized carbons (Fsp3) is 0.500. The standard InChI is InChI=1S/C18H27N3O2S/c1-4-7-8-9-16(22)20-18(24)19-15-12-10-14(11-13-15)17(23)21(5-2)6-3/h10-13H,4-9H2,1-3H3,(H2,19,20,22,24). The molecule has 0 heterocycles. The summed E-state index contributed by atoms with van der Waals surface area (Å²) in [6, 6.07) is 7.09. The first-order valence-electron chi connectivity index (χ1n) is 8.51. The van der Waals surface area contributed by atoms with Crippen molar-refractivity contribution >= 4 is 34.8 Å². The first-order valence-corrected chi connectivity index (χ1v) is 8.92. The van der Waals surface area contributed by atoms with Crippen molar-refractivity contribution in [3.8, 4) is 0 Å². The van der Waals surface area contributed by atoms with E-state index in [9.17, 15) is 9.59 Å². The molecule has 2 N–H and O–H groups in total. The topological polar surface area (TPSA) is 61.4 Å². The van der Waals surface area contributed by atoms with Crippen molar-refractivity contribution in [2.24, 2.45) is 0 Å². The predicted molar refractivity (Wildman–Crippen MR) is 102 cm³/mol. The quantitative estimate of drug-likeness (QED) is 0.556. The molecule has 0 saturated heterocycles. The highest BCUT2D eigenvalue weighted by atomic mass is 32.1. The molecule has 24 heavy (non-hydrogen) atoms. The van der Waals surface area contributed by atoms with Crippen LogP contribution in [0.15, 0.2) is 24.3 Å². The Hall–Kier alpha value is -1.95. The lowest BCUT2D eigenvalue weighted by molar-refractivity contribution is -0.119. The predicted octanol–water partition coefficient (Wildman–Crippen LogP) is 3.56. The minimum Gasteiger partial charge on any atom is -0.339 e. The molecule has 1 rings (SSSR count). The SMILES string of the molecule is CCCCCC(=O)NC(=S)Nc1ccc(C(=O)N(CC)CC)cc1. The van der Waals surface area contributed by atoms with Crippen LogP contribution in [-0.2, 0) is 4.79 Å². The smallest absolute Gasteiger partial charge is 0.253 e. The molecule has 0 aromatic heterocycles. The Morgan fingerprint density at radius 3 is 2.21 bits per heavy atom. The molecular formula is C18H27N3O2S. The fourth-order valence-electron chi connectivity index (χ4n) is 2.28. The minimum absolute atomic E-state index is 0.0124. The third-order valence-corrected chi connectivity index (χ3v) is 3.90. The molecular weight excluding hydrogens is 322 g/mol. The van der Waals surface area contributed by atoms with Crippen molar-refractivity contribution in [3.63, 3.8) is 0 Å². The highest BCUT2D eigenvalue weighted by molar-refractivity contribution is 7.80. The maximum Gasteiger partial charge on any atom is 0.253 e. The van der Waals surface area contributed by atoms with Crippen molar-refractivity contribution in [2.45, 2.75) is 46.5 Å². The molecule has 0 radical (unpaired) electrons. The average molecular weight is 350 g/mol. The van der Waals surface area contributed by atoms with Gasteiger partial charge in [0.2, 0.25) is 5.91 Å². The number of carbonyl (C=O) groups excluding carboxylic acids is 2. The molecule has 6 heteroatoms. The van der Waals surface area contributed by atoms with Gasteiger partial charge in [0, 0.05) is 30.8 Å². The highest BCUT2D eigenvalue weighted by Crippen LogP contribution is 2.12. The van der Waals surface area contributed by atoms with E-state index in [4.69, 9.17) is 12.2 Å². The van der Waals surface area contributed by atoms with Crippen LogP contribution in [0.2, 0.25) is 0 Å². The second-order valence-electron chi connectivity index (χ2n) is 5.51. The normalized spacial score (nSPS) is 10.1. The second kappa shape index (κ2) is 10.8. The molecule has 1 aromatic carbocycles. The number of nitrogens with zero attached hydrogens (tertiary/aromatic N) is 1. The molecule has 0 bridgehead atoms.